The summed E-state index contributed by atoms with van der Waals surface area (Å²) in [6.07, 6.45) is 0.901. The van der Waals surface area contributed by atoms with Gasteiger partial charge in [0.25, 0.3) is 5.69 Å². The number of nitro benzene ring substituents is 1. The standard InChI is InChI=1S/C14H22N4O3/c1-3-15-14(16-9-4-10-21-2)17-11-12-5-7-13(8-6-12)18(19)20/h5-8H,3-4,9-11H2,1-2H3,(H2,15,16,17). The Morgan fingerprint density at radius 3 is 2.62 bits per heavy atom. The van der Waals surface area contributed by atoms with E-state index < -0.39 is 4.92 Å². The maximum absolute atomic E-state index is 10.6. The smallest absolute Gasteiger partial charge is 0.269 e. The Balaban J connectivity index is 2.53. The Kier molecular flexibility index (Phi) is 7.81. The molecule has 0 aliphatic carbocycles. The molecular formula is C14H22N4O3. The van der Waals surface area contributed by atoms with Gasteiger partial charge in [-0.2, -0.15) is 0 Å². The number of guanidine groups is 1. The number of non-ortho nitro benzene ring substituents is 1. The molecule has 0 unspecified atom stereocenters. The highest BCUT2D eigenvalue weighted by molar-refractivity contribution is 5.79. The van der Waals surface area contributed by atoms with Crippen molar-refractivity contribution in [1.82, 2.24) is 10.6 Å². The predicted molar refractivity (Wildman–Crippen MR) is 82.4 cm³/mol. The third-order valence-electron chi connectivity index (χ3n) is 2.73. The zero-order valence-electron chi connectivity index (χ0n) is 12.5. The van der Waals surface area contributed by atoms with Crippen LogP contribution in [-0.2, 0) is 11.3 Å². The lowest BCUT2D eigenvalue weighted by Crippen LogP contribution is -2.38. The van der Waals surface area contributed by atoms with Crippen LogP contribution in [0.25, 0.3) is 0 Å². The summed E-state index contributed by atoms with van der Waals surface area (Å²) >= 11 is 0. The number of benzene rings is 1. The van der Waals surface area contributed by atoms with Crippen LogP contribution in [0.1, 0.15) is 18.9 Å². The van der Waals surface area contributed by atoms with E-state index in [2.05, 4.69) is 15.6 Å². The fraction of sp³-hybridized carbons (Fsp3) is 0.500. The maximum Gasteiger partial charge on any atom is 0.269 e. The molecule has 116 valence electrons. The van der Waals surface area contributed by atoms with E-state index in [0.717, 1.165) is 31.0 Å². The largest absolute Gasteiger partial charge is 0.385 e. The van der Waals surface area contributed by atoms with Crippen molar-refractivity contribution in [1.29, 1.82) is 0 Å². The van der Waals surface area contributed by atoms with Gasteiger partial charge in [-0.1, -0.05) is 12.1 Å². The fourth-order valence-electron chi connectivity index (χ4n) is 1.66. The van der Waals surface area contributed by atoms with Gasteiger partial charge in [0.1, 0.15) is 0 Å². The SMILES string of the molecule is CCNC(=NCc1ccc([N+](=O)[O-])cc1)NCCCOC. The molecule has 1 rings (SSSR count). The number of aliphatic imine (C=N–C) groups is 1. The quantitative estimate of drug-likeness (QED) is 0.250. The number of nitrogens with one attached hydrogen (secondary N) is 2. The van der Waals surface area contributed by atoms with Crippen molar-refractivity contribution in [3.8, 4) is 0 Å². The number of hydrogen-bond donors (Lipinski definition) is 2. The van der Waals surface area contributed by atoms with Crippen LogP contribution in [0.2, 0.25) is 0 Å². The predicted octanol–water partition coefficient (Wildman–Crippen LogP) is 1.69. The fourth-order valence-corrected chi connectivity index (χ4v) is 1.66. The number of rotatable bonds is 8. The molecule has 2 N–H and O–H groups in total. The van der Waals surface area contributed by atoms with Gasteiger partial charge in [0.2, 0.25) is 0 Å². The van der Waals surface area contributed by atoms with Crippen LogP contribution in [0.5, 0.6) is 0 Å². The molecule has 21 heavy (non-hydrogen) atoms. The molecule has 0 amide bonds. The molecule has 0 atom stereocenters. The van der Waals surface area contributed by atoms with E-state index in [9.17, 15) is 10.1 Å². The topological polar surface area (TPSA) is 88.8 Å². The second kappa shape index (κ2) is 9.71. The van der Waals surface area contributed by atoms with Crippen molar-refractivity contribution < 1.29 is 9.66 Å². The highest BCUT2D eigenvalue weighted by atomic mass is 16.6. The summed E-state index contributed by atoms with van der Waals surface area (Å²) in [5.41, 5.74) is 1.02. The Hall–Kier alpha value is -2.15. The van der Waals surface area contributed by atoms with Gasteiger partial charge >= 0.3 is 0 Å². The summed E-state index contributed by atoms with van der Waals surface area (Å²) in [5, 5.41) is 16.9. The van der Waals surface area contributed by atoms with E-state index in [-0.39, 0.29) is 5.69 Å². The summed E-state index contributed by atoms with van der Waals surface area (Å²) in [5.74, 6) is 0.729. The van der Waals surface area contributed by atoms with Crippen LogP contribution >= 0.6 is 0 Å². The normalized spacial score (nSPS) is 11.2. The van der Waals surface area contributed by atoms with Gasteiger partial charge in [-0.05, 0) is 18.9 Å². The minimum Gasteiger partial charge on any atom is -0.385 e. The summed E-state index contributed by atoms with van der Waals surface area (Å²) in [7, 11) is 1.67. The molecule has 0 bridgehead atoms. The number of nitrogens with zero attached hydrogens (tertiary/aromatic N) is 2. The first-order chi connectivity index (χ1) is 10.2. The lowest BCUT2D eigenvalue weighted by molar-refractivity contribution is -0.384. The molecule has 0 aliphatic rings. The highest BCUT2D eigenvalue weighted by Crippen LogP contribution is 2.12. The summed E-state index contributed by atoms with van der Waals surface area (Å²) in [4.78, 5) is 14.6. The van der Waals surface area contributed by atoms with Gasteiger partial charge < -0.3 is 15.4 Å². The van der Waals surface area contributed by atoms with E-state index in [1.54, 1.807) is 19.2 Å². The number of methoxy groups -OCH3 is 1. The molecule has 0 fully saturated rings. The molecular weight excluding hydrogens is 272 g/mol. The van der Waals surface area contributed by atoms with Crippen LogP contribution < -0.4 is 10.6 Å². The Morgan fingerprint density at radius 1 is 1.33 bits per heavy atom. The Bertz CT molecular complexity index is 460. The number of nitro groups is 1. The van der Waals surface area contributed by atoms with Crippen molar-refractivity contribution >= 4 is 11.6 Å². The van der Waals surface area contributed by atoms with Crippen molar-refractivity contribution in [2.45, 2.75) is 19.9 Å². The average molecular weight is 294 g/mol. The Morgan fingerprint density at radius 2 is 2.05 bits per heavy atom. The average Bonchev–Trinajstić information content (AvgIpc) is 2.49. The van der Waals surface area contributed by atoms with E-state index in [1.165, 1.54) is 12.1 Å². The maximum atomic E-state index is 10.6. The summed E-state index contributed by atoms with van der Waals surface area (Å²) in [6, 6.07) is 6.42. The molecule has 0 spiro atoms. The van der Waals surface area contributed by atoms with E-state index in [0.29, 0.717) is 13.2 Å². The van der Waals surface area contributed by atoms with E-state index in [4.69, 9.17) is 4.74 Å². The first-order valence-electron chi connectivity index (χ1n) is 6.91. The summed E-state index contributed by atoms with van der Waals surface area (Å²) < 4.78 is 4.99. The molecule has 0 heterocycles. The Labute approximate surface area is 124 Å². The monoisotopic (exact) mass is 294 g/mol. The number of hydrogen-bond acceptors (Lipinski definition) is 4. The zero-order valence-corrected chi connectivity index (χ0v) is 12.5. The molecule has 1 aromatic carbocycles. The van der Waals surface area contributed by atoms with Crippen LogP contribution in [0.3, 0.4) is 0 Å². The van der Waals surface area contributed by atoms with Gasteiger partial charge in [0, 0.05) is 38.9 Å². The summed E-state index contributed by atoms with van der Waals surface area (Å²) in [6.45, 7) is 4.72. The van der Waals surface area contributed by atoms with Gasteiger partial charge in [0.05, 0.1) is 11.5 Å². The zero-order chi connectivity index (χ0) is 15.5. The van der Waals surface area contributed by atoms with Gasteiger partial charge in [-0.15, -0.1) is 0 Å². The molecule has 0 aromatic heterocycles. The minimum absolute atomic E-state index is 0.0901. The van der Waals surface area contributed by atoms with Crippen LogP contribution in [0.4, 0.5) is 5.69 Å². The van der Waals surface area contributed by atoms with Crippen LogP contribution in [-0.4, -0.2) is 37.7 Å². The lowest BCUT2D eigenvalue weighted by Gasteiger charge is -2.10. The van der Waals surface area contributed by atoms with Gasteiger partial charge in [-0.3, -0.25) is 10.1 Å². The van der Waals surface area contributed by atoms with Gasteiger partial charge in [-0.25, -0.2) is 4.99 Å². The molecule has 0 saturated heterocycles. The van der Waals surface area contributed by atoms with Crippen molar-refractivity contribution in [2.24, 2.45) is 4.99 Å². The molecule has 0 aliphatic heterocycles. The van der Waals surface area contributed by atoms with E-state index in [1.807, 2.05) is 6.92 Å². The molecule has 7 nitrogen and oxygen atoms in total. The number of ether oxygens (including phenoxy) is 1. The second-order valence-electron chi connectivity index (χ2n) is 4.39. The highest BCUT2D eigenvalue weighted by Gasteiger charge is 2.03. The van der Waals surface area contributed by atoms with Crippen LogP contribution in [0, 0.1) is 10.1 Å². The first-order valence-corrected chi connectivity index (χ1v) is 6.91. The lowest BCUT2D eigenvalue weighted by atomic mass is 10.2. The third kappa shape index (κ3) is 6.71. The molecule has 0 radical (unpaired) electrons. The minimum atomic E-state index is -0.408. The molecule has 0 saturated carbocycles. The molecule has 7 heteroatoms. The first kappa shape index (κ1) is 16.9. The van der Waals surface area contributed by atoms with Crippen molar-refractivity contribution in [3.63, 3.8) is 0 Å². The third-order valence-corrected chi connectivity index (χ3v) is 2.73. The van der Waals surface area contributed by atoms with Gasteiger partial charge in [0.15, 0.2) is 5.96 Å². The second-order valence-corrected chi connectivity index (χ2v) is 4.39. The molecule has 1 aromatic rings. The van der Waals surface area contributed by atoms with Crippen molar-refractivity contribution in [2.75, 3.05) is 26.8 Å². The van der Waals surface area contributed by atoms with Crippen molar-refractivity contribution in [3.05, 3.63) is 39.9 Å². The van der Waals surface area contributed by atoms with Crippen LogP contribution in [0.15, 0.2) is 29.3 Å². The van der Waals surface area contributed by atoms with E-state index >= 15 is 0 Å².